The molecule has 3 nitrogen and oxygen atoms in total. The van der Waals surface area contributed by atoms with Gasteiger partial charge in [-0.1, -0.05) is 31.5 Å². The summed E-state index contributed by atoms with van der Waals surface area (Å²) in [6.07, 6.45) is 5.83. The highest BCUT2D eigenvalue weighted by atomic mass is 35.5. The molecule has 0 saturated heterocycles. The van der Waals surface area contributed by atoms with Crippen LogP contribution in [0.3, 0.4) is 0 Å². The summed E-state index contributed by atoms with van der Waals surface area (Å²) in [5.41, 5.74) is 2.21. The van der Waals surface area contributed by atoms with Gasteiger partial charge in [0, 0.05) is 24.9 Å². The van der Waals surface area contributed by atoms with Gasteiger partial charge in [0.1, 0.15) is 5.82 Å². The number of hydrogen-bond acceptors (Lipinski definition) is 2. The number of rotatable bonds is 6. The molecular formula is C16H22ClN3. The molecule has 0 aliphatic heterocycles. The molecule has 0 radical (unpaired) electrons. The maximum Gasteiger partial charge on any atom is 0.113 e. The van der Waals surface area contributed by atoms with E-state index in [-0.39, 0.29) is 0 Å². The molecular weight excluding hydrogens is 270 g/mol. The van der Waals surface area contributed by atoms with Crippen LogP contribution in [0.15, 0.2) is 30.6 Å². The Morgan fingerprint density at radius 1 is 1.35 bits per heavy atom. The summed E-state index contributed by atoms with van der Waals surface area (Å²) in [4.78, 5) is 4.40. The zero-order valence-electron chi connectivity index (χ0n) is 12.4. The highest BCUT2D eigenvalue weighted by Gasteiger charge is 2.11. The van der Waals surface area contributed by atoms with Crippen molar-refractivity contribution < 1.29 is 0 Å². The average molecular weight is 292 g/mol. The fourth-order valence-corrected chi connectivity index (χ4v) is 2.65. The molecule has 0 fully saturated rings. The summed E-state index contributed by atoms with van der Waals surface area (Å²) in [7, 11) is 0. The Labute approximate surface area is 126 Å². The van der Waals surface area contributed by atoms with Crippen LogP contribution in [-0.4, -0.2) is 16.1 Å². The quantitative estimate of drug-likeness (QED) is 0.866. The zero-order chi connectivity index (χ0) is 14.5. The van der Waals surface area contributed by atoms with E-state index in [9.17, 15) is 0 Å². The van der Waals surface area contributed by atoms with E-state index in [4.69, 9.17) is 11.6 Å². The van der Waals surface area contributed by atoms with Crippen LogP contribution in [0.1, 0.15) is 44.6 Å². The van der Waals surface area contributed by atoms with Gasteiger partial charge in [-0.2, -0.15) is 0 Å². The van der Waals surface area contributed by atoms with Crippen molar-refractivity contribution in [1.29, 1.82) is 0 Å². The third kappa shape index (κ3) is 3.22. The minimum atomic E-state index is 0.310. The Morgan fingerprint density at radius 3 is 2.80 bits per heavy atom. The molecule has 1 aromatic heterocycles. The van der Waals surface area contributed by atoms with Gasteiger partial charge >= 0.3 is 0 Å². The van der Waals surface area contributed by atoms with E-state index >= 15 is 0 Å². The lowest BCUT2D eigenvalue weighted by Crippen LogP contribution is -2.17. The maximum absolute atomic E-state index is 6.46. The van der Waals surface area contributed by atoms with E-state index in [0.717, 1.165) is 35.9 Å². The maximum atomic E-state index is 6.46. The second-order valence-corrected chi connectivity index (χ2v) is 5.36. The van der Waals surface area contributed by atoms with Crippen molar-refractivity contribution in [3.63, 3.8) is 0 Å². The van der Waals surface area contributed by atoms with Crippen LogP contribution in [0.2, 0.25) is 5.02 Å². The molecule has 108 valence electrons. The van der Waals surface area contributed by atoms with E-state index in [1.54, 1.807) is 0 Å². The van der Waals surface area contributed by atoms with Crippen LogP contribution in [0.4, 0.5) is 0 Å². The SMILES string of the molecule is CCCc1nccn1-c1ccc(C(C)NCC)cc1Cl. The molecule has 0 amide bonds. The van der Waals surface area contributed by atoms with Crippen molar-refractivity contribution in [2.45, 2.75) is 39.7 Å². The molecule has 0 saturated carbocycles. The van der Waals surface area contributed by atoms with Gasteiger partial charge in [-0.25, -0.2) is 4.98 Å². The molecule has 2 rings (SSSR count). The summed E-state index contributed by atoms with van der Waals surface area (Å²) < 4.78 is 2.08. The number of benzene rings is 1. The van der Waals surface area contributed by atoms with Crippen LogP contribution >= 0.6 is 11.6 Å². The van der Waals surface area contributed by atoms with Crippen molar-refractivity contribution in [3.05, 3.63) is 47.0 Å². The van der Waals surface area contributed by atoms with Crippen molar-refractivity contribution in [3.8, 4) is 5.69 Å². The standard InChI is InChI=1S/C16H22ClN3/c1-4-6-16-19-9-10-20(16)15-8-7-13(11-14(15)17)12(3)18-5-2/h7-12,18H,4-6H2,1-3H3. The molecule has 1 heterocycles. The van der Waals surface area contributed by atoms with E-state index in [2.05, 4.69) is 47.8 Å². The van der Waals surface area contributed by atoms with E-state index in [1.165, 1.54) is 5.56 Å². The fraction of sp³-hybridized carbons (Fsp3) is 0.438. The summed E-state index contributed by atoms with van der Waals surface area (Å²) >= 11 is 6.46. The Balaban J connectivity index is 2.32. The number of imidazole rings is 1. The molecule has 1 N–H and O–H groups in total. The van der Waals surface area contributed by atoms with E-state index < -0.39 is 0 Å². The van der Waals surface area contributed by atoms with Gasteiger partial charge in [0.2, 0.25) is 0 Å². The molecule has 20 heavy (non-hydrogen) atoms. The first-order chi connectivity index (χ1) is 9.67. The number of hydrogen-bond donors (Lipinski definition) is 1. The second-order valence-electron chi connectivity index (χ2n) is 4.95. The smallest absolute Gasteiger partial charge is 0.113 e. The largest absolute Gasteiger partial charge is 0.310 e. The van der Waals surface area contributed by atoms with E-state index in [1.807, 2.05) is 18.5 Å². The lowest BCUT2D eigenvalue weighted by Gasteiger charge is -2.15. The number of nitrogens with one attached hydrogen (secondary N) is 1. The fourth-order valence-electron chi connectivity index (χ4n) is 2.37. The Bertz CT molecular complexity index is 563. The Hall–Kier alpha value is -1.32. The highest BCUT2D eigenvalue weighted by molar-refractivity contribution is 6.32. The minimum absolute atomic E-state index is 0.310. The number of nitrogens with zero attached hydrogens (tertiary/aromatic N) is 2. The van der Waals surface area contributed by atoms with Gasteiger partial charge < -0.3 is 9.88 Å². The van der Waals surface area contributed by atoms with Crippen LogP contribution in [0.5, 0.6) is 0 Å². The van der Waals surface area contributed by atoms with Crippen LogP contribution in [0, 0.1) is 0 Å². The monoisotopic (exact) mass is 291 g/mol. The van der Waals surface area contributed by atoms with Crippen molar-refractivity contribution in [1.82, 2.24) is 14.9 Å². The summed E-state index contributed by atoms with van der Waals surface area (Å²) in [5.74, 6) is 1.06. The third-order valence-corrected chi connectivity index (χ3v) is 3.74. The van der Waals surface area contributed by atoms with Gasteiger partial charge in [-0.05, 0) is 37.6 Å². The first kappa shape index (κ1) is 15.1. The van der Waals surface area contributed by atoms with Crippen LogP contribution in [-0.2, 0) is 6.42 Å². The molecule has 4 heteroatoms. The van der Waals surface area contributed by atoms with E-state index in [0.29, 0.717) is 6.04 Å². The number of aromatic nitrogens is 2. The van der Waals surface area contributed by atoms with Crippen LogP contribution < -0.4 is 5.32 Å². The molecule has 2 aromatic rings. The lowest BCUT2D eigenvalue weighted by molar-refractivity contribution is 0.598. The van der Waals surface area contributed by atoms with Gasteiger partial charge in [-0.15, -0.1) is 0 Å². The van der Waals surface area contributed by atoms with Gasteiger partial charge in [-0.3, -0.25) is 0 Å². The number of halogens is 1. The minimum Gasteiger partial charge on any atom is -0.310 e. The average Bonchev–Trinajstić information content (AvgIpc) is 2.87. The van der Waals surface area contributed by atoms with Crippen molar-refractivity contribution in [2.75, 3.05) is 6.54 Å². The normalized spacial score (nSPS) is 12.6. The first-order valence-electron chi connectivity index (χ1n) is 7.22. The second kappa shape index (κ2) is 6.91. The van der Waals surface area contributed by atoms with Crippen LogP contribution in [0.25, 0.3) is 5.69 Å². The van der Waals surface area contributed by atoms with Gasteiger partial charge in [0.05, 0.1) is 10.7 Å². The molecule has 0 bridgehead atoms. The molecule has 0 spiro atoms. The Kier molecular flexibility index (Phi) is 5.21. The predicted octanol–water partition coefficient (Wildman–Crippen LogP) is 4.15. The highest BCUT2D eigenvalue weighted by Crippen LogP contribution is 2.26. The lowest BCUT2D eigenvalue weighted by atomic mass is 10.1. The summed E-state index contributed by atoms with van der Waals surface area (Å²) in [6, 6.07) is 6.56. The molecule has 1 aromatic carbocycles. The summed E-state index contributed by atoms with van der Waals surface area (Å²) in [5, 5.41) is 4.16. The number of aryl methyl sites for hydroxylation is 1. The third-order valence-electron chi connectivity index (χ3n) is 3.43. The first-order valence-corrected chi connectivity index (χ1v) is 7.60. The Morgan fingerprint density at radius 2 is 2.15 bits per heavy atom. The molecule has 0 aliphatic carbocycles. The predicted molar refractivity (Wildman–Crippen MR) is 84.7 cm³/mol. The molecule has 1 atom stereocenters. The van der Waals surface area contributed by atoms with Gasteiger partial charge in [0.15, 0.2) is 0 Å². The molecule has 0 aliphatic rings. The van der Waals surface area contributed by atoms with Crippen molar-refractivity contribution in [2.24, 2.45) is 0 Å². The summed E-state index contributed by atoms with van der Waals surface area (Å²) in [6.45, 7) is 7.36. The van der Waals surface area contributed by atoms with Gasteiger partial charge in [0.25, 0.3) is 0 Å². The topological polar surface area (TPSA) is 29.9 Å². The zero-order valence-corrected chi connectivity index (χ0v) is 13.1. The molecule has 1 unspecified atom stereocenters. The van der Waals surface area contributed by atoms with Crippen molar-refractivity contribution >= 4 is 11.6 Å².